The van der Waals surface area contributed by atoms with Gasteiger partial charge in [0.15, 0.2) is 17.5 Å². The molecule has 172 valence electrons. The zero-order valence-corrected chi connectivity index (χ0v) is 18.9. The van der Waals surface area contributed by atoms with Crippen LogP contribution in [-0.4, -0.2) is 41.0 Å². The van der Waals surface area contributed by atoms with E-state index in [0.717, 1.165) is 11.3 Å². The van der Waals surface area contributed by atoms with Crippen molar-refractivity contribution in [2.75, 3.05) is 13.2 Å². The summed E-state index contributed by atoms with van der Waals surface area (Å²) in [4.78, 5) is 26.0. The van der Waals surface area contributed by atoms with E-state index in [1.165, 1.54) is 0 Å². The molecule has 0 unspecified atom stereocenters. The Morgan fingerprint density at radius 3 is 2.55 bits per heavy atom. The lowest BCUT2D eigenvalue weighted by Crippen LogP contribution is -2.47. The third kappa shape index (κ3) is 4.84. The van der Waals surface area contributed by atoms with Crippen molar-refractivity contribution in [2.24, 2.45) is 0 Å². The highest BCUT2D eigenvalue weighted by Crippen LogP contribution is 2.31. The first kappa shape index (κ1) is 22.4. The van der Waals surface area contributed by atoms with E-state index in [-0.39, 0.29) is 13.2 Å². The van der Waals surface area contributed by atoms with Crippen LogP contribution in [0.25, 0.3) is 0 Å². The first-order valence-electron chi connectivity index (χ1n) is 10.9. The van der Waals surface area contributed by atoms with E-state index in [0.29, 0.717) is 29.3 Å². The van der Waals surface area contributed by atoms with Crippen molar-refractivity contribution in [2.45, 2.75) is 39.5 Å². The Hall–Kier alpha value is -3.81. The van der Waals surface area contributed by atoms with Crippen molar-refractivity contribution in [3.05, 3.63) is 77.1 Å². The van der Waals surface area contributed by atoms with Gasteiger partial charge in [-0.3, -0.25) is 9.48 Å². The molecule has 0 saturated heterocycles. The van der Waals surface area contributed by atoms with Gasteiger partial charge in [0, 0.05) is 11.3 Å². The second kappa shape index (κ2) is 9.77. The Bertz CT molecular complexity index is 1140. The molecule has 1 aromatic heterocycles. The number of aromatic nitrogens is 2. The minimum absolute atomic E-state index is 0.0453. The molecule has 0 spiro atoms. The lowest BCUT2D eigenvalue weighted by Gasteiger charge is -2.27. The number of ether oxygens (including phenoxy) is 3. The maximum atomic E-state index is 13.1. The van der Waals surface area contributed by atoms with Crippen molar-refractivity contribution in [3.8, 4) is 11.5 Å². The second-order valence-electron chi connectivity index (χ2n) is 7.79. The first-order chi connectivity index (χ1) is 16.0. The van der Waals surface area contributed by atoms with Gasteiger partial charge in [-0.25, -0.2) is 4.79 Å². The summed E-state index contributed by atoms with van der Waals surface area (Å²) in [6.45, 7) is 6.21. The van der Waals surface area contributed by atoms with E-state index < -0.39 is 24.0 Å². The fraction of sp³-hybridized carbons (Fsp3) is 0.320. The monoisotopic (exact) mass is 449 g/mol. The molecular weight excluding hydrogens is 422 g/mol. The molecule has 0 fully saturated rings. The smallest absolute Gasteiger partial charge is 0.333 e. The molecule has 1 amide bonds. The number of carbonyl (C=O) groups is 2. The number of nitrogens with zero attached hydrogens (tertiary/aromatic N) is 2. The van der Waals surface area contributed by atoms with Gasteiger partial charge in [0.25, 0.3) is 5.91 Å². The second-order valence-corrected chi connectivity index (χ2v) is 7.79. The van der Waals surface area contributed by atoms with Gasteiger partial charge < -0.3 is 19.5 Å². The van der Waals surface area contributed by atoms with E-state index in [4.69, 9.17) is 14.2 Å². The number of aryl methyl sites for hydroxylation is 1. The molecule has 8 nitrogen and oxygen atoms in total. The van der Waals surface area contributed by atoms with Crippen LogP contribution in [0.1, 0.15) is 35.5 Å². The quantitative estimate of drug-likeness (QED) is 0.558. The number of nitrogens with one attached hydrogen (secondary N) is 1. The Balaban J connectivity index is 1.58. The molecule has 33 heavy (non-hydrogen) atoms. The maximum Gasteiger partial charge on any atom is 0.333 e. The number of esters is 1. The van der Waals surface area contributed by atoms with Crippen molar-refractivity contribution >= 4 is 11.9 Å². The zero-order chi connectivity index (χ0) is 23.4. The number of fused-ring (bicyclic) bond motifs is 1. The van der Waals surface area contributed by atoms with Gasteiger partial charge in [-0.2, -0.15) is 5.10 Å². The lowest BCUT2D eigenvalue weighted by atomic mass is 10.0. The molecule has 2 aromatic carbocycles. The van der Waals surface area contributed by atoms with Crippen molar-refractivity contribution < 1.29 is 23.8 Å². The van der Waals surface area contributed by atoms with Crippen molar-refractivity contribution in [1.82, 2.24) is 15.1 Å². The van der Waals surface area contributed by atoms with Gasteiger partial charge in [0.05, 0.1) is 18.8 Å². The molecule has 2 atom stereocenters. The number of rotatable bonds is 7. The van der Waals surface area contributed by atoms with Crippen LogP contribution in [0.2, 0.25) is 0 Å². The van der Waals surface area contributed by atoms with Gasteiger partial charge in [0.1, 0.15) is 6.61 Å². The van der Waals surface area contributed by atoms with Gasteiger partial charge >= 0.3 is 5.97 Å². The molecule has 1 aliphatic heterocycles. The molecule has 1 aliphatic rings. The van der Waals surface area contributed by atoms with Crippen LogP contribution in [0.3, 0.4) is 0 Å². The number of benzene rings is 2. The predicted octanol–water partition coefficient (Wildman–Crippen LogP) is 3.11. The molecule has 0 saturated carbocycles. The Morgan fingerprint density at radius 2 is 1.82 bits per heavy atom. The molecule has 8 heteroatoms. The zero-order valence-electron chi connectivity index (χ0n) is 18.9. The molecule has 0 radical (unpaired) electrons. The van der Waals surface area contributed by atoms with Crippen LogP contribution in [-0.2, 0) is 20.9 Å². The number of hydrogen-bond donors (Lipinski definition) is 1. The van der Waals surface area contributed by atoms with Crippen LogP contribution >= 0.6 is 0 Å². The molecular formula is C25H27N3O5. The van der Waals surface area contributed by atoms with Gasteiger partial charge in [-0.05, 0) is 38.5 Å². The van der Waals surface area contributed by atoms with Crippen LogP contribution < -0.4 is 14.8 Å². The summed E-state index contributed by atoms with van der Waals surface area (Å²) in [5.74, 6) is 0.0580. The standard InChI is InChI=1S/C25H27N3O5/c1-4-31-25(30)23(26-24(29)21-15-32-19-12-8-9-13-20(19)33-21)22-16(2)27-28(17(22)3)14-18-10-6-5-7-11-18/h5-13,21,23H,4,14-15H2,1-3H3,(H,26,29)/t21-,23-/m0/s1. The SMILES string of the molecule is CCOC(=O)[C@@H](NC(=O)[C@@H]1COc2ccccc2O1)c1c(C)nn(Cc2ccccc2)c1C. The number of para-hydroxylation sites is 2. The van der Waals surface area contributed by atoms with E-state index in [9.17, 15) is 9.59 Å². The predicted molar refractivity (Wildman–Crippen MR) is 121 cm³/mol. The minimum atomic E-state index is -1.01. The topological polar surface area (TPSA) is 91.7 Å². The highest BCUT2D eigenvalue weighted by Gasteiger charge is 2.34. The van der Waals surface area contributed by atoms with Crippen molar-refractivity contribution in [1.29, 1.82) is 0 Å². The first-order valence-corrected chi connectivity index (χ1v) is 10.9. The Morgan fingerprint density at radius 1 is 1.12 bits per heavy atom. The average molecular weight is 450 g/mol. The maximum absolute atomic E-state index is 13.1. The van der Waals surface area contributed by atoms with Gasteiger partial charge in [-0.1, -0.05) is 42.5 Å². The van der Waals surface area contributed by atoms with Gasteiger partial charge in [0.2, 0.25) is 6.10 Å². The molecule has 0 bridgehead atoms. The highest BCUT2D eigenvalue weighted by atomic mass is 16.6. The summed E-state index contributed by atoms with van der Waals surface area (Å²) in [5, 5.41) is 7.43. The highest BCUT2D eigenvalue weighted by molar-refractivity contribution is 5.88. The Labute approximate surface area is 192 Å². The summed E-state index contributed by atoms with van der Waals surface area (Å²) < 4.78 is 18.6. The molecule has 0 aliphatic carbocycles. The summed E-state index contributed by atoms with van der Waals surface area (Å²) >= 11 is 0. The normalized spacial score (nSPS) is 15.5. The largest absolute Gasteiger partial charge is 0.485 e. The van der Waals surface area contributed by atoms with Crippen molar-refractivity contribution in [3.63, 3.8) is 0 Å². The third-order valence-electron chi connectivity index (χ3n) is 5.51. The summed E-state index contributed by atoms with van der Waals surface area (Å²) in [6, 6.07) is 16.0. The van der Waals surface area contributed by atoms with E-state index in [2.05, 4.69) is 10.4 Å². The number of hydrogen-bond acceptors (Lipinski definition) is 6. The average Bonchev–Trinajstić information content (AvgIpc) is 3.10. The minimum Gasteiger partial charge on any atom is -0.485 e. The molecule has 4 rings (SSSR count). The van der Waals surface area contributed by atoms with E-state index in [1.54, 1.807) is 25.1 Å². The fourth-order valence-corrected chi connectivity index (χ4v) is 3.90. The van der Waals surface area contributed by atoms with Crippen LogP contribution in [0, 0.1) is 13.8 Å². The summed E-state index contributed by atoms with van der Waals surface area (Å²) in [7, 11) is 0. The molecule has 3 aromatic rings. The van der Waals surface area contributed by atoms with Crippen LogP contribution in [0.4, 0.5) is 0 Å². The van der Waals surface area contributed by atoms with E-state index in [1.807, 2.05) is 54.9 Å². The molecule has 2 heterocycles. The number of amides is 1. The van der Waals surface area contributed by atoms with Crippen LogP contribution in [0.15, 0.2) is 54.6 Å². The Kier molecular flexibility index (Phi) is 6.63. The summed E-state index contributed by atoms with van der Waals surface area (Å²) in [5.41, 5.74) is 3.13. The van der Waals surface area contributed by atoms with Gasteiger partial charge in [-0.15, -0.1) is 0 Å². The fourth-order valence-electron chi connectivity index (χ4n) is 3.90. The molecule has 1 N–H and O–H groups in total. The van der Waals surface area contributed by atoms with Crippen LogP contribution in [0.5, 0.6) is 11.5 Å². The third-order valence-corrected chi connectivity index (χ3v) is 5.51. The summed E-state index contributed by atoms with van der Waals surface area (Å²) in [6.07, 6.45) is -0.892. The van der Waals surface area contributed by atoms with E-state index >= 15 is 0 Å². The number of carbonyl (C=O) groups excluding carboxylic acids is 2. The lowest BCUT2D eigenvalue weighted by molar-refractivity contribution is -0.149.